The lowest BCUT2D eigenvalue weighted by atomic mass is 10.1. The van der Waals surface area contributed by atoms with Gasteiger partial charge in [0.2, 0.25) is 0 Å². The number of nitrogens with one attached hydrogen (secondary N) is 1. The fourth-order valence-corrected chi connectivity index (χ4v) is 1.24. The van der Waals surface area contributed by atoms with E-state index >= 15 is 0 Å². The van der Waals surface area contributed by atoms with Gasteiger partial charge in [-0.25, -0.2) is 9.97 Å². The SMILES string of the molecule is CC(C)c1cc(NCCCC(=O)O)ncn1. The van der Waals surface area contributed by atoms with Crippen LogP contribution in [-0.2, 0) is 4.79 Å². The molecule has 0 aliphatic carbocycles. The Balaban J connectivity index is 2.42. The van der Waals surface area contributed by atoms with Crippen molar-refractivity contribution in [3.63, 3.8) is 0 Å². The van der Waals surface area contributed by atoms with Crippen LogP contribution in [0.25, 0.3) is 0 Å². The Bertz CT molecular complexity index is 353. The van der Waals surface area contributed by atoms with E-state index in [2.05, 4.69) is 29.1 Å². The summed E-state index contributed by atoms with van der Waals surface area (Å²) in [6.07, 6.45) is 2.29. The Morgan fingerprint density at radius 2 is 2.25 bits per heavy atom. The van der Waals surface area contributed by atoms with E-state index in [0.717, 1.165) is 11.5 Å². The third-order valence-electron chi connectivity index (χ3n) is 2.15. The molecule has 0 unspecified atom stereocenters. The van der Waals surface area contributed by atoms with Crippen molar-refractivity contribution < 1.29 is 9.90 Å². The van der Waals surface area contributed by atoms with Gasteiger partial charge in [0, 0.05) is 24.7 Å². The Kier molecular flexibility index (Phi) is 4.69. The maximum absolute atomic E-state index is 10.3. The largest absolute Gasteiger partial charge is 0.481 e. The lowest BCUT2D eigenvalue weighted by Crippen LogP contribution is -2.07. The molecule has 0 bridgehead atoms. The number of carboxylic acids is 1. The van der Waals surface area contributed by atoms with Crippen LogP contribution < -0.4 is 5.32 Å². The molecule has 5 nitrogen and oxygen atoms in total. The highest BCUT2D eigenvalue weighted by atomic mass is 16.4. The molecule has 0 saturated carbocycles. The average molecular weight is 223 g/mol. The highest BCUT2D eigenvalue weighted by Crippen LogP contribution is 2.13. The molecular formula is C11H17N3O2. The molecule has 1 rings (SSSR count). The van der Waals surface area contributed by atoms with Gasteiger partial charge < -0.3 is 10.4 Å². The highest BCUT2D eigenvalue weighted by molar-refractivity contribution is 5.66. The monoisotopic (exact) mass is 223 g/mol. The predicted octanol–water partition coefficient (Wildman–Crippen LogP) is 1.88. The summed E-state index contributed by atoms with van der Waals surface area (Å²) in [5.74, 6) is 0.346. The van der Waals surface area contributed by atoms with Crippen LogP contribution in [0.5, 0.6) is 0 Å². The van der Waals surface area contributed by atoms with Crippen molar-refractivity contribution >= 4 is 11.8 Å². The van der Waals surface area contributed by atoms with E-state index in [1.807, 2.05) is 6.07 Å². The molecule has 0 aliphatic heterocycles. The van der Waals surface area contributed by atoms with Crippen molar-refractivity contribution in [2.75, 3.05) is 11.9 Å². The maximum Gasteiger partial charge on any atom is 0.303 e. The Morgan fingerprint density at radius 1 is 1.50 bits per heavy atom. The minimum atomic E-state index is -0.771. The van der Waals surface area contributed by atoms with Crippen LogP contribution in [0.3, 0.4) is 0 Å². The molecule has 1 aromatic heterocycles. The zero-order chi connectivity index (χ0) is 12.0. The number of carbonyl (C=O) groups is 1. The smallest absolute Gasteiger partial charge is 0.303 e. The summed E-state index contributed by atoms with van der Waals surface area (Å²) in [6, 6.07) is 1.89. The standard InChI is InChI=1S/C11H17N3O2/c1-8(2)9-6-10(14-7-13-9)12-5-3-4-11(15)16/h6-8H,3-5H2,1-2H3,(H,15,16)(H,12,13,14). The molecule has 0 atom stereocenters. The maximum atomic E-state index is 10.3. The zero-order valence-corrected chi connectivity index (χ0v) is 9.60. The van der Waals surface area contributed by atoms with Gasteiger partial charge in [-0.05, 0) is 12.3 Å². The quantitative estimate of drug-likeness (QED) is 0.720. The summed E-state index contributed by atoms with van der Waals surface area (Å²) < 4.78 is 0. The first-order chi connectivity index (χ1) is 7.59. The van der Waals surface area contributed by atoms with Gasteiger partial charge in [-0.1, -0.05) is 13.8 Å². The van der Waals surface area contributed by atoms with Gasteiger partial charge in [0.15, 0.2) is 0 Å². The van der Waals surface area contributed by atoms with Gasteiger partial charge in [-0.2, -0.15) is 0 Å². The van der Waals surface area contributed by atoms with Crippen LogP contribution in [0.4, 0.5) is 5.82 Å². The van der Waals surface area contributed by atoms with Crippen LogP contribution in [0.15, 0.2) is 12.4 Å². The Morgan fingerprint density at radius 3 is 2.88 bits per heavy atom. The van der Waals surface area contributed by atoms with Gasteiger partial charge in [0.25, 0.3) is 0 Å². The molecule has 88 valence electrons. The third kappa shape index (κ3) is 4.25. The zero-order valence-electron chi connectivity index (χ0n) is 9.60. The second-order valence-corrected chi connectivity index (χ2v) is 3.91. The van der Waals surface area contributed by atoms with Crippen LogP contribution >= 0.6 is 0 Å². The summed E-state index contributed by atoms with van der Waals surface area (Å²) in [4.78, 5) is 18.5. The lowest BCUT2D eigenvalue weighted by Gasteiger charge is -2.07. The molecule has 0 amide bonds. The van der Waals surface area contributed by atoms with Crippen molar-refractivity contribution in [1.29, 1.82) is 0 Å². The number of hydrogen-bond donors (Lipinski definition) is 2. The van der Waals surface area contributed by atoms with Crippen molar-refractivity contribution in [2.45, 2.75) is 32.6 Å². The van der Waals surface area contributed by atoms with Crippen LogP contribution in [0.2, 0.25) is 0 Å². The lowest BCUT2D eigenvalue weighted by molar-refractivity contribution is -0.137. The fraction of sp³-hybridized carbons (Fsp3) is 0.545. The molecule has 0 spiro atoms. The minimum absolute atomic E-state index is 0.176. The fourth-order valence-electron chi connectivity index (χ4n) is 1.24. The van der Waals surface area contributed by atoms with E-state index in [4.69, 9.17) is 5.11 Å². The van der Waals surface area contributed by atoms with E-state index < -0.39 is 5.97 Å². The van der Waals surface area contributed by atoms with E-state index in [0.29, 0.717) is 18.9 Å². The van der Waals surface area contributed by atoms with Gasteiger partial charge in [-0.15, -0.1) is 0 Å². The summed E-state index contributed by atoms with van der Waals surface area (Å²) in [5, 5.41) is 11.6. The van der Waals surface area contributed by atoms with Gasteiger partial charge in [-0.3, -0.25) is 4.79 Å². The molecule has 16 heavy (non-hydrogen) atoms. The topological polar surface area (TPSA) is 75.1 Å². The van der Waals surface area contributed by atoms with Gasteiger partial charge >= 0.3 is 5.97 Å². The minimum Gasteiger partial charge on any atom is -0.481 e. The number of rotatable bonds is 6. The first kappa shape index (κ1) is 12.4. The molecule has 0 saturated heterocycles. The van der Waals surface area contributed by atoms with Gasteiger partial charge in [0.05, 0.1) is 0 Å². The number of carboxylic acid groups (broad SMARTS) is 1. The Hall–Kier alpha value is -1.65. The highest BCUT2D eigenvalue weighted by Gasteiger charge is 2.02. The molecule has 1 aromatic rings. The molecule has 0 aromatic carbocycles. The molecule has 0 aliphatic rings. The number of hydrogen-bond acceptors (Lipinski definition) is 4. The molecule has 0 fully saturated rings. The molecular weight excluding hydrogens is 206 g/mol. The second kappa shape index (κ2) is 6.05. The van der Waals surface area contributed by atoms with Gasteiger partial charge in [0.1, 0.15) is 12.1 Å². The van der Waals surface area contributed by atoms with Crippen molar-refractivity contribution in [2.24, 2.45) is 0 Å². The normalized spacial score (nSPS) is 10.4. The van der Waals surface area contributed by atoms with Crippen molar-refractivity contribution in [3.8, 4) is 0 Å². The third-order valence-corrected chi connectivity index (χ3v) is 2.15. The summed E-state index contributed by atoms with van der Waals surface area (Å²) in [5.41, 5.74) is 0.982. The molecule has 1 heterocycles. The van der Waals surface area contributed by atoms with Crippen LogP contribution in [-0.4, -0.2) is 27.6 Å². The summed E-state index contributed by atoms with van der Waals surface area (Å²) in [7, 11) is 0. The van der Waals surface area contributed by atoms with Crippen LogP contribution in [0.1, 0.15) is 38.3 Å². The van der Waals surface area contributed by atoms with Crippen LogP contribution in [0, 0.1) is 0 Å². The number of anilines is 1. The van der Waals surface area contributed by atoms with E-state index in [9.17, 15) is 4.79 Å². The molecule has 5 heteroatoms. The van der Waals surface area contributed by atoms with Crippen molar-refractivity contribution in [1.82, 2.24) is 9.97 Å². The number of aliphatic carboxylic acids is 1. The number of aromatic nitrogens is 2. The average Bonchev–Trinajstić information content (AvgIpc) is 2.24. The summed E-state index contributed by atoms with van der Waals surface area (Å²) >= 11 is 0. The Labute approximate surface area is 94.9 Å². The predicted molar refractivity (Wildman–Crippen MR) is 61.5 cm³/mol. The number of nitrogens with zero attached hydrogens (tertiary/aromatic N) is 2. The molecule has 2 N–H and O–H groups in total. The van der Waals surface area contributed by atoms with E-state index in [-0.39, 0.29) is 6.42 Å². The first-order valence-corrected chi connectivity index (χ1v) is 5.37. The summed E-state index contributed by atoms with van der Waals surface area (Å²) in [6.45, 7) is 4.74. The van der Waals surface area contributed by atoms with E-state index in [1.165, 1.54) is 6.33 Å². The second-order valence-electron chi connectivity index (χ2n) is 3.91. The van der Waals surface area contributed by atoms with Crippen molar-refractivity contribution in [3.05, 3.63) is 18.1 Å². The molecule has 0 radical (unpaired) electrons. The van der Waals surface area contributed by atoms with E-state index in [1.54, 1.807) is 0 Å². The first-order valence-electron chi connectivity index (χ1n) is 5.37.